The SMILES string of the molecule is CCn1cc(NC(=O)Cc2ccccc2)c(C(=O)OC(C)C)n1. The average molecular weight is 315 g/mol. The van der Waals surface area contributed by atoms with Gasteiger partial charge in [0.2, 0.25) is 5.91 Å². The van der Waals surface area contributed by atoms with E-state index in [0.29, 0.717) is 12.2 Å². The van der Waals surface area contributed by atoms with E-state index in [-0.39, 0.29) is 24.1 Å². The van der Waals surface area contributed by atoms with Gasteiger partial charge in [-0.3, -0.25) is 9.48 Å². The minimum absolute atomic E-state index is 0.127. The van der Waals surface area contributed by atoms with Crippen molar-refractivity contribution in [1.29, 1.82) is 0 Å². The fourth-order valence-corrected chi connectivity index (χ4v) is 2.07. The molecule has 0 unspecified atom stereocenters. The molecule has 0 atom stereocenters. The lowest BCUT2D eigenvalue weighted by molar-refractivity contribution is -0.115. The van der Waals surface area contributed by atoms with Gasteiger partial charge >= 0.3 is 5.97 Å². The van der Waals surface area contributed by atoms with Crippen molar-refractivity contribution in [2.45, 2.75) is 39.8 Å². The minimum atomic E-state index is -0.540. The summed E-state index contributed by atoms with van der Waals surface area (Å²) in [5.74, 6) is -0.743. The first-order valence-electron chi connectivity index (χ1n) is 7.61. The molecule has 0 saturated carbocycles. The predicted molar refractivity (Wildman–Crippen MR) is 87.2 cm³/mol. The van der Waals surface area contributed by atoms with Gasteiger partial charge in [-0.1, -0.05) is 30.3 Å². The molecule has 1 heterocycles. The van der Waals surface area contributed by atoms with Crippen LogP contribution in [0.1, 0.15) is 36.8 Å². The van der Waals surface area contributed by atoms with Gasteiger partial charge in [0, 0.05) is 12.7 Å². The summed E-state index contributed by atoms with van der Waals surface area (Å²) in [4.78, 5) is 24.3. The van der Waals surface area contributed by atoms with Crippen LogP contribution in [0.5, 0.6) is 0 Å². The van der Waals surface area contributed by atoms with Crippen LogP contribution in [0.25, 0.3) is 0 Å². The van der Waals surface area contributed by atoms with E-state index in [1.807, 2.05) is 37.3 Å². The highest BCUT2D eigenvalue weighted by Gasteiger charge is 2.20. The zero-order chi connectivity index (χ0) is 16.8. The lowest BCUT2D eigenvalue weighted by Gasteiger charge is -2.08. The molecule has 1 aromatic carbocycles. The number of carbonyl (C=O) groups excluding carboxylic acids is 2. The quantitative estimate of drug-likeness (QED) is 0.832. The van der Waals surface area contributed by atoms with E-state index in [1.165, 1.54) is 0 Å². The van der Waals surface area contributed by atoms with E-state index in [0.717, 1.165) is 5.56 Å². The molecule has 6 heteroatoms. The maximum Gasteiger partial charge on any atom is 0.361 e. The molecule has 1 N–H and O–H groups in total. The number of hydrogen-bond donors (Lipinski definition) is 1. The van der Waals surface area contributed by atoms with E-state index >= 15 is 0 Å². The maximum atomic E-state index is 12.2. The second-order valence-electron chi connectivity index (χ2n) is 5.41. The molecule has 1 aromatic heterocycles. The first-order valence-corrected chi connectivity index (χ1v) is 7.61. The topological polar surface area (TPSA) is 73.2 Å². The summed E-state index contributed by atoms with van der Waals surface area (Å²) in [6, 6.07) is 9.41. The molecule has 23 heavy (non-hydrogen) atoms. The molecule has 0 radical (unpaired) electrons. The van der Waals surface area contributed by atoms with E-state index in [4.69, 9.17) is 4.74 Å². The standard InChI is InChI=1S/C17H21N3O3/c1-4-20-11-14(16(19-20)17(22)23-12(2)3)18-15(21)10-13-8-6-5-7-9-13/h5-9,11-12H,4,10H2,1-3H3,(H,18,21). The third-order valence-electron chi connectivity index (χ3n) is 3.10. The molecule has 2 aromatic rings. The van der Waals surface area contributed by atoms with Gasteiger partial charge in [-0.05, 0) is 26.3 Å². The molecular weight excluding hydrogens is 294 g/mol. The normalized spacial score (nSPS) is 10.6. The summed E-state index contributed by atoms with van der Waals surface area (Å²) in [6.45, 7) is 6.03. The zero-order valence-electron chi connectivity index (χ0n) is 13.6. The fraction of sp³-hybridized carbons (Fsp3) is 0.353. The van der Waals surface area contributed by atoms with Crippen molar-refractivity contribution < 1.29 is 14.3 Å². The molecule has 0 aliphatic rings. The Morgan fingerprint density at radius 2 is 1.96 bits per heavy atom. The Labute approximate surface area is 135 Å². The van der Waals surface area contributed by atoms with Gasteiger partial charge in [0.25, 0.3) is 0 Å². The van der Waals surface area contributed by atoms with E-state index in [2.05, 4.69) is 10.4 Å². The van der Waals surface area contributed by atoms with Crippen LogP contribution < -0.4 is 5.32 Å². The van der Waals surface area contributed by atoms with Gasteiger partial charge in [-0.25, -0.2) is 4.79 Å². The number of anilines is 1. The van der Waals surface area contributed by atoms with Crippen molar-refractivity contribution in [2.75, 3.05) is 5.32 Å². The largest absolute Gasteiger partial charge is 0.458 e. The van der Waals surface area contributed by atoms with Crippen LogP contribution in [-0.4, -0.2) is 27.8 Å². The molecule has 0 fully saturated rings. The van der Waals surface area contributed by atoms with E-state index in [1.54, 1.807) is 24.7 Å². The number of aromatic nitrogens is 2. The zero-order valence-corrected chi connectivity index (χ0v) is 13.6. The Morgan fingerprint density at radius 3 is 2.57 bits per heavy atom. The number of esters is 1. The Balaban J connectivity index is 2.13. The lowest BCUT2D eigenvalue weighted by Crippen LogP contribution is -2.18. The van der Waals surface area contributed by atoms with Gasteiger partial charge in [0.05, 0.1) is 18.2 Å². The smallest absolute Gasteiger partial charge is 0.361 e. The van der Waals surface area contributed by atoms with Gasteiger partial charge in [0.1, 0.15) is 0 Å². The summed E-state index contributed by atoms with van der Waals surface area (Å²) < 4.78 is 6.76. The number of aryl methyl sites for hydroxylation is 1. The number of carbonyl (C=O) groups is 2. The minimum Gasteiger partial charge on any atom is -0.458 e. The Bertz CT molecular complexity index is 678. The van der Waals surface area contributed by atoms with Gasteiger partial charge < -0.3 is 10.1 Å². The number of ether oxygens (including phenoxy) is 1. The van der Waals surface area contributed by atoms with Gasteiger partial charge in [0.15, 0.2) is 5.69 Å². The highest BCUT2D eigenvalue weighted by molar-refractivity contribution is 6.00. The molecule has 0 bridgehead atoms. The highest BCUT2D eigenvalue weighted by atomic mass is 16.5. The Hall–Kier alpha value is -2.63. The number of amides is 1. The highest BCUT2D eigenvalue weighted by Crippen LogP contribution is 2.16. The van der Waals surface area contributed by atoms with Crippen molar-refractivity contribution in [3.8, 4) is 0 Å². The van der Waals surface area contributed by atoms with Gasteiger partial charge in [-0.15, -0.1) is 0 Å². The molecule has 0 aliphatic carbocycles. The monoisotopic (exact) mass is 315 g/mol. The third kappa shape index (κ3) is 4.67. The van der Waals surface area contributed by atoms with Gasteiger partial charge in [-0.2, -0.15) is 5.10 Å². The summed E-state index contributed by atoms with van der Waals surface area (Å²) in [5.41, 5.74) is 1.40. The van der Waals surface area contributed by atoms with E-state index < -0.39 is 5.97 Å². The second-order valence-corrected chi connectivity index (χ2v) is 5.41. The Morgan fingerprint density at radius 1 is 1.26 bits per heavy atom. The second kappa shape index (κ2) is 7.58. The summed E-state index contributed by atoms with van der Waals surface area (Å²) in [6.07, 6.45) is 1.62. The van der Waals surface area contributed by atoms with Crippen LogP contribution in [0.2, 0.25) is 0 Å². The van der Waals surface area contributed by atoms with Crippen LogP contribution in [0.3, 0.4) is 0 Å². The number of hydrogen-bond acceptors (Lipinski definition) is 4. The first-order chi connectivity index (χ1) is 11.0. The molecule has 2 rings (SSSR count). The van der Waals surface area contributed by atoms with Crippen molar-refractivity contribution in [1.82, 2.24) is 9.78 Å². The van der Waals surface area contributed by atoms with Crippen LogP contribution in [0, 0.1) is 0 Å². The summed E-state index contributed by atoms with van der Waals surface area (Å²) in [7, 11) is 0. The van der Waals surface area contributed by atoms with Crippen molar-refractivity contribution in [2.24, 2.45) is 0 Å². The molecule has 0 spiro atoms. The van der Waals surface area contributed by atoms with E-state index in [9.17, 15) is 9.59 Å². The predicted octanol–water partition coefficient (Wildman–Crippen LogP) is 2.65. The molecule has 0 aliphatic heterocycles. The summed E-state index contributed by atoms with van der Waals surface area (Å²) >= 11 is 0. The number of nitrogens with one attached hydrogen (secondary N) is 1. The van der Waals surface area contributed by atoms with Crippen molar-refractivity contribution in [3.63, 3.8) is 0 Å². The summed E-state index contributed by atoms with van der Waals surface area (Å²) in [5, 5.41) is 6.91. The molecule has 0 saturated heterocycles. The number of benzene rings is 1. The molecule has 1 amide bonds. The number of rotatable bonds is 6. The van der Waals surface area contributed by atoms with Crippen LogP contribution in [-0.2, 0) is 22.5 Å². The first kappa shape index (κ1) is 16.7. The molecular formula is C17H21N3O3. The average Bonchev–Trinajstić information content (AvgIpc) is 2.90. The van der Waals surface area contributed by atoms with Crippen LogP contribution in [0.4, 0.5) is 5.69 Å². The molecule has 122 valence electrons. The van der Waals surface area contributed by atoms with Crippen LogP contribution >= 0.6 is 0 Å². The van der Waals surface area contributed by atoms with Crippen molar-refractivity contribution >= 4 is 17.6 Å². The fourth-order valence-electron chi connectivity index (χ4n) is 2.07. The third-order valence-corrected chi connectivity index (χ3v) is 3.10. The number of nitrogens with zero attached hydrogens (tertiary/aromatic N) is 2. The van der Waals surface area contributed by atoms with Crippen molar-refractivity contribution in [3.05, 3.63) is 47.8 Å². The van der Waals surface area contributed by atoms with Crippen LogP contribution in [0.15, 0.2) is 36.5 Å². The maximum absolute atomic E-state index is 12.2. The Kier molecular flexibility index (Phi) is 5.51. The lowest BCUT2D eigenvalue weighted by atomic mass is 10.1. The molecule has 6 nitrogen and oxygen atoms in total.